The molecule has 0 amide bonds. The Hall–Kier alpha value is -0.620. The maximum atomic E-state index is 11.3. The third-order valence-corrected chi connectivity index (χ3v) is 4.05. The zero-order valence-corrected chi connectivity index (χ0v) is 9.21. The summed E-state index contributed by atoms with van der Waals surface area (Å²) in [5.41, 5.74) is 0. The smallest absolute Gasteiger partial charge is 0.321 e. The molecule has 0 spiro atoms. The van der Waals surface area contributed by atoms with Crippen LogP contribution in [0.15, 0.2) is 0 Å². The van der Waals surface area contributed by atoms with Gasteiger partial charge in [0.1, 0.15) is 0 Å². The van der Waals surface area contributed by atoms with E-state index in [2.05, 4.69) is 0 Å². The Balaban J connectivity index is 4.02. The molecule has 14 heavy (non-hydrogen) atoms. The van der Waals surface area contributed by atoms with E-state index < -0.39 is 21.1 Å². The van der Waals surface area contributed by atoms with Gasteiger partial charge in [-0.2, -0.15) is 0 Å². The molecule has 0 bridgehead atoms. The fourth-order valence-electron chi connectivity index (χ4n) is 0.880. The summed E-state index contributed by atoms with van der Waals surface area (Å²) in [5, 5.41) is 7.20. The van der Waals surface area contributed by atoms with Crippen molar-refractivity contribution < 1.29 is 23.1 Å². The fraction of sp³-hybridized carbons (Fsp3) is 0.875. The van der Waals surface area contributed by atoms with E-state index in [0.717, 1.165) is 0 Å². The molecule has 0 rings (SSSR count). The van der Waals surface area contributed by atoms with Crippen molar-refractivity contribution in [3.8, 4) is 0 Å². The number of aliphatic carboxylic acids is 1. The number of methoxy groups -OCH3 is 1. The minimum Gasteiger partial charge on any atom is -0.480 e. The zero-order valence-electron chi connectivity index (χ0n) is 8.39. The molecule has 1 N–H and O–H groups in total. The number of hydrogen-bond acceptors (Lipinski definition) is 4. The summed E-state index contributed by atoms with van der Waals surface area (Å²) in [7, 11) is -1.96. The third kappa shape index (κ3) is 4.57. The molecule has 84 valence electrons. The first-order valence-corrected chi connectivity index (χ1v) is 6.06. The minimum absolute atomic E-state index is 0.0934. The fourth-order valence-corrected chi connectivity index (χ4v) is 2.15. The Labute approximate surface area is 84.0 Å². The van der Waals surface area contributed by atoms with E-state index in [4.69, 9.17) is 9.84 Å². The van der Waals surface area contributed by atoms with Crippen molar-refractivity contribution in [1.29, 1.82) is 0 Å². The van der Waals surface area contributed by atoms with Crippen molar-refractivity contribution in [2.24, 2.45) is 0 Å². The zero-order chi connectivity index (χ0) is 11.2. The molecule has 0 radical (unpaired) electrons. The van der Waals surface area contributed by atoms with E-state index in [1.54, 1.807) is 0 Å². The second kappa shape index (κ2) is 5.98. The van der Waals surface area contributed by atoms with E-state index >= 15 is 0 Å². The van der Waals surface area contributed by atoms with Crippen LogP contribution in [0.4, 0.5) is 0 Å². The average molecular weight is 224 g/mol. The summed E-state index contributed by atoms with van der Waals surface area (Å²) >= 11 is 0. The molecule has 6 heteroatoms. The molecule has 0 aliphatic heterocycles. The van der Waals surface area contributed by atoms with Gasteiger partial charge in [-0.15, -0.1) is 0 Å². The average Bonchev–Trinajstić information content (AvgIpc) is 2.11. The van der Waals surface area contributed by atoms with E-state index in [-0.39, 0.29) is 5.75 Å². The predicted molar refractivity (Wildman–Crippen MR) is 52.0 cm³/mol. The van der Waals surface area contributed by atoms with Gasteiger partial charge in [0.25, 0.3) is 0 Å². The molecule has 1 unspecified atom stereocenters. The van der Waals surface area contributed by atoms with Crippen LogP contribution >= 0.6 is 0 Å². The van der Waals surface area contributed by atoms with Gasteiger partial charge in [0.15, 0.2) is 15.1 Å². The van der Waals surface area contributed by atoms with E-state index in [0.29, 0.717) is 19.4 Å². The normalized spacial score (nSPS) is 13.9. The first kappa shape index (κ1) is 13.4. The summed E-state index contributed by atoms with van der Waals surface area (Å²) in [6.07, 6.45) is 1.07. The highest BCUT2D eigenvalue weighted by Crippen LogP contribution is 2.05. The molecule has 0 aliphatic carbocycles. The molecule has 0 saturated carbocycles. The van der Waals surface area contributed by atoms with Crippen LogP contribution in [0, 0.1) is 0 Å². The summed E-state index contributed by atoms with van der Waals surface area (Å²) in [6, 6.07) is 0. The maximum absolute atomic E-state index is 11.3. The number of unbranched alkanes of at least 4 members (excludes halogenated alkanes) is 1. The molecule has 0 aromatic heterocycles. The molecular weight excluding hydrogens is 208 g/mol. The lowest BCUT2D eigenvalue weighted by Gasteiger charge is -2.07. The van der Waals surface area contributed by atoms with Crippen LogP contribution in [-0.4, -0.2) is 44.2 Å². The van der Waals surface area contributed by atoms with Crippen molar-refractivity contribution in [3.63, 3.8) is 0 Å². The molecule has 0 aliphatic rings. The summed E-state index contributed by atoms with van der Waals surface area (Å²) in [4.78, 5) is 10.4. The Morgan fingerprint density at radius 3 is 2.43 bits per heavy atom. The number of rotatable bonds is 7. The van der Waals surface area contributed by atoms with Gasteiger partial charge in [-0.3, -0.25) is 4.79 Å². The van der Waals surface area contributed by atoms with Crippen LogP contribution in [0.1, 0.15) is 19.8 Å². The quantitative estimate of drug-likeness (QED) is 0.629. The van der Waals surface area contributed by atoms with Gasteiger partial charge in [0, 0.05) is 13.7 Å². The first-order chi connectivity index (χ1) is 6.41. The first-order valence-electron chi connectivity index (χ1n) is 4.35. The number of sulfone groups is 1. The Kier molecular flexibility index (Phi) is 5.71. The highest BCUT2D eigenvalue weighted by molar-refractivity contribution is 7.92. The topological polar surface area (TPSA) is 80.7 Å². The number of hydrogen-bond donors (Lipinski definition) is 1. The van der Waals surface area contributed by atoms with Gasteiger partial charge in [0.2, 0.25) is 0 Å². The van der Waals surface area contributed by atoms with Gasteiger partial charge < -0.3 is 9.84 Å². The largest absolute Gasteiger partial charge is 0.480 e. The second-order valence-corrected chi connectivity index (χ2v) is 5.49. The molecule has 0 fully saturated rings. The summed E-state index contributed by atoms with van der Waals surface area (Å²) in [5.74, 6) is -1.39. The van der Waals surface area contributed by atoms with Gasteiger partial charge in [-0.05, 0) is 19.8 Å². The van der Waals surface area contributed by atoms with Crippen molar-refractivity contribution in [2.45, 2.75) is 25.0 Å². The molecular formula is C8H16O5S. The summed E-state index contributed by atoms with van der Waals surface area (Å²) < 4.78 is 27.4. The van der Waals surface area contributed by atoms with E-state index in [9.17, 15) is 13.2 Å². The molecule has 1 atom stereocenters. The monoisotopic (exact) mass is 224 g/mol. The van der Waals surface area contributed by atoms with Crippen LogP contribution in [-0.2, 0) is 19.4 Å². The summed E-state index contributed by atoms with van der Waals surface area (Å²) in [6.45, 7) is 1.69. The Morgan fingerprint density at radius 2 is 2.00 bits per heavy atom. The van der Waals surface area contributed by atoms with Crippen LogP contribution in [0.25, 0.3) is 0 Å². The Morgan fingerprint density at radius 1 is 1.43 bits per heavy atom. The predicted octanol–water partition coefficient (Wildman–Crippen LogP) is 0.301. The van der Waals surface area contributed by atoms with Crippen LogP contribution in [0.3, 0.4) is 0 Å². The van der Waals surface area contributed by atoms with Gasteiger partial charge in [-0.1, -0.05) is 0 Å². The highest BCUT2D eigenvalue weighted by atomic mass is 32.2. The van der Waals surface area contributed by atoms with Crippen LogP contribution in [0.5, 0.6) is 0 Å². The lowest BCUT2D eigenvalue weighted by atomic mass is 10.4. The van der Waals surface area contributed by atoms with E-state index in [1.165, 1.54) is 14.0 Å². The molecule has 0 aromatic carbocycles. The van der Waals surface area contributed by atoms with Crippen molar-refractivity contribution in [1.82, 2.24) is 0 Å². The number of carboxylic acids is 1. The van der Waals surface area contributed by atoms with Crippen LogP contribution in [0.2, 0.25) is 0 Å². The maximum Gasteiger partial charge on any atom is 0.321 e. The van der Waals surface area contributed by atoms with Gasteiger partial charge >= 0.3 is 5.97 Å². The SMILES string of the molecule is COCCCCS(=O)(=O)C(C)C(=O)O. The number of ether oxygens (including phenoxy) is 1. The van der Waals surface area contributed by atoms with Crippen molar-refractivity contribution in [2.75, 3.05) is 19.5 Å². The van der Waals surface area contributed by atoms with Crippen molar-refractivity contribution >= 4 is 15.8 Å². The Bertz CT molecular complexity index is 269. The van der Waals surface area contributed by atoms with Crippen LogP contribution < -0.4 is 0 Å². The lowest BCUT2D eigenvalue weighted by molar-refractivity contribution is -0.136. The molecule has 0 saturated heterocycles. The highest BCUT2D eigenvalue weighted by Gasteiger charge is 2.26. The number of carboxylic acid groups (broad SMARTS) is 1. The molecule has 0 heterocycles. The second-order valence-electron chi connectivity index (χ2n) is 3.05. The molecule has 0 aromatic rings. The van der Waals surface area contributed by atoms with Gasteiger partial charge in [0.05, 0.1) is 5.75 Å². The minimum atomic E-state index is -3.50. The standard InChI is InChI=1S/C8H16O5S/c1-7(8(9)10)14(11,12)6-4-3-5-13-2/h7H,3-6H2,1-2H3,(H,9,10). The third-order valence-electron chi connectivity index (χ3n) is 1.91. The lowest BCUT2D eigenvalue weighted by Crippen LogP contribution is -2.29. The number of carbonyl (C=O) groups is 1. The van der Waals surface area contributed by atoms with Crippen molar-refractivity contribution in [3.05, 3.63) is 0 Å². The molecule has 5 nitrogen and oxygen atoms in total. The van der Waals surface area contributed by atoms with E-state index in [1.807, 2.05) is 0 Å². The van der Waals surface area contributed by atoms with Gasteiger partial charge in [-0.25, -0.2) is 8.42 Å².